The van der Waals surface area contributed by atoms with Crippen LogP contribution < -0.4 is 10.6 Å². The molecule has 4 atom stereocenters. The predicted octanol–water partition coefficient (Wildman–Crippen LogP) is 1.89. The molecule has 120 valence electrons. The van der Waals surface area contributed by atoms with Crippen LogP contribution in [-0.2, 0) is 9.53 Å². The first-order chi connectivity index (χ1) is 10.1. The van der Waals surface area contributed by atoms with E-state index in [2.05, 4.69) is 10.6 Å². The number of amides is 2. The summed E-state index contributed by atoms with van der Waals surface area (Å²) in [7, 11) is 1.66. The molecule has 21 heavy (non-hydrogen) atoms. The van der Waals surface area contributed by atoms with E-state index < -0.39 is 11.9 Å². The van der Waals surface area contributed by atoms with E-state index in [4.69, 9.17) is 4.74 Å². The molecule has 0 bridgehead atoms. The van der Waals surface area contributed by atoms with Crippen LogP contribution in [0, 0.1) is 5.92 Å². The monoisotopic (exact) mass is 298 g/mol. The van der Waals surface area contributed by atoms with Crippen molar-refractivity contribution >= 4 is 12.0 Å². The molecule has 6 nitrogen and oxygen atoms in total. The Labute approximate surface area is 125 Å². The zero-order chi connectivity index (χ0) is 15.2. The molecule has 0 saturated heterocycles. The first kappa shape index (κ1) is 16.1. The summed E-state index contributed by atoms with van der Waals surface area (Å²) >= 11 is 0. The number of carboxylic acids is 1. The molecule has 6 heteroatoms. The standard InChI is InChI=1S/C15H26N2O4/c1-21-13-9-5-8-12(13)17-15(20)16-11-7-4-2-3-6-10(11)14(18)19/h10-13H,2-9H2,1H3,(H,18,19)(H2,16,17,20). The molecule has 2 fully saturated rings. The molecule has 2 rings (SSSR count). The highest BCUT2D eigenvalue weighted by atomic mass is 16.5. The van der Waals surface area contributed by atoms with Crippen LogP contribution in [0.3, 0.4) is 0 Å². The van der Waals surface area contributed by atoms with Gasteiger partial charge in [-0.15, -0.1) is 0 Å². The van der Waals surface area contributed by atoms with E-state index in [9.17, 15) is 14.7 Å². The Morgan fingerprint density at radius 1 is 0.952 bits per heavy atom. The number of methoxy groups -OCH3 is 1. The van der Waals surface area contributed by atoms with Crippen LogP contribution >= 0.6 is 0 Å². The summed E-state index contributed by atoms with van der Waals surface area (Å²) in [6, 6.07) is -0.501. The van der Waals surface area contributed by atoms with E-state index in [1.165, 1.54) is 0 Å². The average Bonchev–Trinajstić information content (AvgIpc) is 2.75. The highest BCUT2D eigenvalue weighted by Crippen LogP contribution is 2.24. The lowest BCUT2D eigenvalue weighted by molar-refractivity contribution is -0.142. The van der Waals surface area contributed by atoms with E-state index in [1.807, 2.05) is 0 Å². The second-order valence-electron chi connectivity index (χ2n) is 6.12. The molecule has 0 aromatic carbocycles. The quantitative estimate of drug-likeness (QED) is 0.692. The number of urea groups is 1. The molecule has 4 unspecified atom stereocenters. The smallest absolute Gasteiger partial charge is 0.315 e. The van der Waals surface area contributed by atoms with Crippen molar-refractivity contribution in [3.8, 4) is 0 Å². The normalized spacial score (nSPS) is 33.2. The molecular formula is C15H26N2O4. The molecule has 0 heterocycles. The van der Waals surface area contributed by atoms with Crippen molar-refractivity contribution in [3.05, 3.63) is 0 Å². The van der Waals surface area contributed by atoms with Crippen LogP contribution in [0.4, 0.5) is 4.79 Å². The fourth-order valence-electron chi connectivity index (χ4n) is 3.53. The highest BCUT2D eigenvalue weighted by molar-refractivity contribution is 5.77. The molecule has 3 N–H and O–H groups in total. The van der Waals surface area contributed by atoms with Crippen molar-refractivity contribution in [2.24, 2.45) is 5.92 Å². The van der Waals surface area contributed by atoms with Crippen molar-refractivity contribution in [1.82, 2.24) is 10.6 Å². The van der Waals surface area contributed by atoms with Gasteiger partial charge in [0.25, 0.3) is 0 Å². The summed E-state index contributed by atoms with van der Waals surface area (Å²) in [4.78, 5) is 23.5. The van der Waals surface area contributed by atoms with Crippen molar-refractivity contribution in [2.45, 2.75) is 69.6 Å². The number of aliphatic carboxylic acids is 1. The third-order valence-electron chi connectivity index (χ3n) is 4.72. The number of nitrogens with one attached hydrogen (secondary N) is 2. The zero-order valence-corrected chi connectivity index (χ0v) is 12.6. The summed E-state index contributed by atoms with van der Waals surface area (Å²) in [6.45, 7) is 0. The summed E-state index contributed by atoms with van der Waals surface area (Å²) in [6.07, 6.45) is 7.31. The van der Waals surface area contributed by atoms with Crippen molar-refractivity contribution < 1.29 is 19.4 Å². The molecule has 0 radical (unpaired) electrons. The van der Waals surface area contributed by atoms with E-state index >= 15 is 0 Å². The topological polar surface area (TPSA) is 87.7 Å². The number of rotatable bonds is 4. The van der Waals surface area contributed by atoms with Gasteiger partial charge in [-0.3, -0.25) is 4.79 Å². The van der Waals surface area contributed by atoms with Crippen LogP contribution in [-0.4, -0.2) is 42.4 Å². The van der Waals surface area contributed by atoms with E-state index in [0.717, 1.165) is 44.9 Å². The summed E-state index contributed by atoms with van der Waals surface area (Å²) in [5, 5.41) is 15.1. The molecule has 2 aliphatic rings. The minimum Gasteiger partial charge on any atom is -0.481 e. The molecule has 2 amide bonds. The van der Waals surface area contributed by atoms with Gasteiger partial charge in [0.15, 0.2) is 0 Å². The molecular weight excluding hydrogens is 272 g/mol. The van der Waals surface area contributed by atoms with Crippen LogP contribution in [0.25, 0.3) is 0 Å². The van der Waals surface area contributed by atoms with Gasteiger partial charge in [0.1, 0.15) is 0 Å². The maximum absolute atomic E-state index is 12.1. The molecule has 2 saturated carbocycles. The average molecular weight is 298 g/mol. The van der Waals surface area contributed by atoms with Gasteiger partial charge in [-0.25, -0.2) is 4.79 Å². The van der Waals surface area contributed by atoms with Crippen LogP contribution in [0.15, 0.2) is 0 Å². The van der Waals surface area contributed by atoms with Crippen LogP contribution in [0.2, 0.25) is 0 Å². The summed E-state index contributed by atoms with van der Waals surface area (Å²) < 4.78 is 5.36. The van der Waals surface area contributed by atoms with E-state index in [0.29, 0.717) is 6.42 Å². The summed E-state index contributed by atoms with van der Waals surface area (Å²) in [5.74, 6) is -1.28. The first-order valence-corrected chi connectivity index (χ1v) is 7.94. The Balaban J connectivity index is 1.88. The Bertz CT molecular complexity index is 375. The molecule has 0 aliphatic heterocycles. The number of carbonyl (C=O) groups excluding carboxylic acids is 1. The number of hydrogen-bond acceptors (Lipinski definition) is 3. The molecule has 2 aliphatic carbocycles. The largest absolute Gasteiger partial charge is 0.481 e. The predicted molar refractivity (Wildman–Crippen MR) is 78.1 cm³/mol. The van der Waals surface area contributed by atoms with Crippen molar-refractivity contribution in [3.63, 3.8) is 0 Å². The van der Waals surface area contributed by atoms with Gasteiger partial charge < -0.3 is 20.5 Å². The lowest BCUT2D eigenvalue weighted by Crippen LogP contribution is -2.51. The van der Waals surface area contributed by atoms with Gasteiger partial charge in [0.2, 0.25) is 0 Å². The van der Waals surface area contributed by atoms with Gasteiger partial charge in [0, 0.05) is 13.2 Å². The maximum atomic E-state index is 12.1. The summed E-state index contributed by atoms with van der Waals surface area (Å²) in [5.41, 5.74) is 0. The maximum Gasteiger partial charge on any atom is 0.315 e. The lowest BCUT2D eigenvalue weighted by Gasteiger charge is -2.25. The fourth-order valence-corrected chi connectivity index (χ4v) is 3.53. The fraction of sp³-hybridized carbons (Fsp3) is 0.867. The Morgan fingerprint density at radius 2 is 1.62 bits per heavy atom. The third kappa shape index (κ3) is 4.33. The second-order valence-corrected chi connectivity index (χ2v) is 6.12. The number of hydrogen-bond donors (Lipinski definition) is 3. The van der Waals surface area contributed by atoms with Gasteiger partial charge in [-0.1, -0.05) is 19.3 Å². The second kappa shape index (κ2) is 7.64. The van der Waals surface area contributed by atoms with Gasteiger partial charge in [-0.05, 0) is 32.1 Å². The number of carboxylic acid groups (broad SMARTS) is 1. The molecule has 0 spiro atoms. The Morgan fingerprint density at radius 3 is 2.33 bits per heavy atom. The Kier molecular flexibility index (Phi) is 5.85. The van der Waals surface area contributed by atoms with Crippen molar-refractivity contribution in [2.75, 3.05) is 7.11 Å². The van der Waals surface area contributed by atoms with Gasteiger partial charge in [-0.2, -0.15) is 0 Å². The zero-order valence-electron chi connectivity index (χ0n) is 12.6. The van der Waals surface area contributed by atoms with Crippen LogP contribution in [0.1, 0.15) is 51.4 Å². The van der Waals surface area contributed by atoms with Crippen molar-refractivity contribution in [1.29, 1.82) is 0 Å². The number of carbonyl (C=O) groups is 2. The Hall–Kier alpha value is -1.30. The minimum absolute atomic E-state index is 0.0315. The molecule has 0 aromatic heterocycles. The lowest BCUT2D eigenvalue weighted by atomic mass is 9.95. The van der Waals surface area contributed by atoms with Gasteiger partial charge >= 0.3 is 12.0 Å². The van der Waals surface area contributed by atoms with Gasteiger partial charge in [0.05, 0.1) is 18.1 Å². The van der Waals surface area contributed by atoms with E-state index in [-0.39, 0.29) is 24.2 Å². The van der Waals surface area contributed by atoms with E-state index in [1.54, 1.807) is 7.11 Å². The molecule has 0 aromatic rings. The first-order valence-electron chi connectivity index (χ1n) is 7.94. The minimum atomic E-state index is -0.808. The van der Waals surface area contributed by atoms with Crippen LogP contribution in [0.5, 0.6) is 0 Å². The third-order valence-corrected chi connectivity index (χ3v) is 4.72. The highest BCUT2D eigenvalue weighted by Gasteiger charge is 2.32. The SMILES string of the molecule is COC1CCCC1NC(=O)NC1CCCCCC1C(=O)O. The number of ether oxygens (including phenoxy) is 1.